The number of aryl methyl sites for hydroxylation is 12. The molecule has 8 aliphatic rings. The van der Waals surface area contributed by atoms with Gasteiger partial charge in [-0.15, -0.1) is 0 Å². The average Bonchev–Trinajstić information content (AvgIpc) is 1.59. The molecule has 4 N–H and O–H groups in total. The van der Waals surface area contributed by atoms with Gasteiger partial charge in [0.05, 0.1) is 35.5 Å². The van der Waals surface area contributed by atoms with E-state index in [2.05, 4.69) is 48.5 Å². The van der Waals surface area contributed by atoms with Crippen molar-refractivity contribution in [2.75, 3.05) is 78.8 Å². The molecular weight excluding hydrogens is 1770 g/mol. The van der Waals surface area contributed by atoms with Crippen LogP contribution in [0.15, 0.2) is 146 Å². The molecule has 4 saturated heterocycles. The lowest BCUT2D eigenvalue weighted by Gasteiger charge is -2.27. The van der Waals surface area contributed by atoms with Gasteiger partial charge in [0.25, 0.3) is 11.8 Å². The number of carboxylic acids is 4. The Bertz CT molecular complexity index is 4930. The Kier molecular flexibility index (Phi) is 37.6. The van der Waals surface area contributed by atoms with E-state index in [9.17, 15) is 83.5 Å². The van der Waals surface area contributed by atoms with Crippen LogP contribution in [0.5, 0.6) is 0 Å². The number of alkyl halides is 10. The lowest BCUT2D eigenvalue weighted by molar-refractivity contribution is -0.147. The third-order valence-corrected chi connectivity index (χ3v) is 27.3. The monoisotopic (exact) mass is 1900 g/mol. The van der Waals surface area contributed by atoms with E-state index >= 15 is 0 Å². The highest BCUT2D eigenvalue weighted by atomic mass is 19.4. The Balaban J connectivity index is 0.000000153. The van der Waals surface area contributed by atoms with Gasteiger partial charge in [0.15, 0.2) is 0 Å². The van der Waals surface area contributed by atoms with Crippen molar-refractivity contribution in [3.8, 4) is 0 Å². The molecule has 0 saturated carbocycles. The summed E-state index contributed by atoms with van der Waals surface area (Å²) in [5.41, 5.74) is 13.3. The summed E-state index contributed by atoms with van der Waals surface area (Å²) in [4.78, 5) is 74.0. The largest absolute Gasteiger partial charge is 0.480 e. The maximum atomic E-state index is 13.7. The first kappa shape index (κ1) is 104. The van der Waals surface area contributed by atoms with Gasteiger partial charge in [-0.05, 0) is 299 Å². The zero-order valence-corrected chi connectivity index (χ0v) is 78.0. The molecule has 4 aromatic heterocycles. The summed E-state index contributed by atoms with van der Waals surface area (Å²) < 4.78 is 160. The Morgan fingerprint density at radius 3 is 0.846 bits per heavy atom. The van der Waals surface area contributed by atoms with Crippen molar-refractivity contribution >= 4 is 23.9 Å². The summed E-state index contributed by atoms with van der Waals surface area (Å²) in [7, 11) is 0. The smallest absolute Gasteiger partial charge is 0.416 e. The number of pyridine rings is 4. The SMILES string of the molecule is CC(F)(F)c1cccc([C@@H](C(=O)O)N2CC[C@@H](OCCCCc3ccc4c(n3)CCCC4)C2)c1.CC(F)(F)c1cccc([C@H](C(=O)O)N2CC[C@@H](OCCCCc3ccc4c(n3)CCCC4)C2)c1.O=C(O)[C@@H](c1ccccc1C(F)(F)F)N1CC[C@@H](OCCCCc2ccc3c(n2)CCCC3)C1.O=C(O)[C@H](c1ccccc1C(F)(F)F)N1CC[C@@H](OCCCCc2ccc3c(n2)CCCC3)C1. The summed E-state index contributed by atoms with van der Waals surface area (Å²) >= 11 is 0. The predicted octanol–water partition coefficient (Wildman–Crippen LogP) is 21.1. The van der Waals surface area contributed by atoms with Crippen molar-refractivity contribution in [2.45, 2.75) is 292 Å². The maximum absolute atomic E-state index is 13.7. The average molecular weight is 1900 g/mol. The number of hydrogen-bond acceptors (Lipinski definition) is 16. The number of carboxylic acid groups (broad SMARTS) is 4. The summed E-state index contributed by atoms with van der Waals surface area (Å²) in [6, 6.07) is 34.1. The van der Waals surface area contributed by atoms with E-state index < -0.39 is 83.4 Å². The molecule has 4 aliphatic carbocycles. The van der Waals surface area contributed by atoms with E-state index in [1.54, 1.807) is 21.9 Å². The summed E-state index contributed by atoms with van der Waals surface area (Å²) in [5, 5.41) is 39.1. The van der Waals surface area contributed by atoms with Crippen LogP contribution in [0.1, 0.15) is 279 Å². The normalized spacial score (nSPS) is 19.7. The molecule has 16 rings (SSSR count). The van der Waals surface area contributed by atoms with Crippen molar-refractivity contribution in [2.24, 2.45) is 0 Å². The first-order chi connectivity index (χ1) is 65.3. The van der Waals surface area contributed by atoms with Crippen LogP contribution in [0.4, 0.5) is 43.9 Å². The molecule has 0 spiro atoms. The van der Waals surface area contributed by atoms with E-state index in [-0.39, 0.29) is 46.7 Å². The molecule has 20 nitrogen and oxygen atoms in total. The first-order valence-electron chi connectivity index (χ1n) is 48.8. The third kappa shape index (κ3) is 29.7. The van der Waals surface area contributed by atoms with E-state index in [4.69, 9.17) is 38.9 Å². The number of halogens is 10. The highest BCUT2D eigenvalue weighted by Crippen LogP contribution is 2.42. The Labute approximate surface area is 790 Å². The van der Waals surface area contributed by atoms with Gasteiger partial charge in [-0.3, -0.25) is 58.7 Å². The fourth-order valence-electron chi connectivity index (χ4n) is 20.1. The fourth-order valence-corrected chi connectivity index (χ4v) is 20.1. The molecule has 4 fully saturated rings. The predicted molar refractivity (Wildman–Crippen MR) is 495 cm³/mol. The molecule has 0 bridgehead atoms. The van der Waals surface area contributed by atoms with Crippen LogP contribution in [-0.2, 0) is 139 Å². The summed E-state index contributed by atoms with van der Waals surface area (Å²) in [6.45, 7) is 7.43. The van der Waals surface area contributed by atoms with E-state index in [1.165, 1.54) is 169 Å². The topological polar surface area (TPSA) is 251 Å². The van der Waals surface area contributed by atoms with Gasteiger partial charge in [-0.2, -0.15) is 26.3 Å². The number of aliphatic carboxylic acids is 4. The first-order valence-corrected chi connectivity index (χ1v) is 48.8. The lowest BCUT2D eigenvalue weighted by atomic mass is 9.95. The number of likely N-dealkylation sites (tertiary alicyclic amines) is 4. The highest BCUT2D eigenvalue weighted by molar-refractivity contribution is 5.78. The molecule has 736 valence electrons. The molecule has 0 radical (unpaired) electrons. The van der Waals surface area contributed by atoms with Gasteiger partial charge < -0.3 is 39.4 Å². The van der Waals surface area contributed by atoms with E-state index in [1.807, 2.05) is 9.80 Å². The van der Waals surface area contributed by atoms with Crippen molar-refractivity contribution in [1.82, 2.24) is 39.5 Å². The van der Waals surface area contributed by atoms with Crippen LogP contribution in [0.3, 0.4) is 0 Å². The van der Waals surface area contributed by atoms with Gasteiger partial charge in [0, 0.05) is 149 Å². The van der Waals surface area contributed by atoms with Crippen LogP contribution < -0.4 is 0 Å². The van der Waals surface area contributed by atoms with Crippen molar-refractivity contribution in [1.29, 1.82) is 0 Å². The second-order valence-corrected chi connectivity index (χ2v) is 37.6. The molecule has 8 heterocycles. The number of ether oxygens (including phenoxy) is 4. The molecule has 136 heavy (non-hydrogen) atoms. The minimum atomic E-state index is -4.60. The van der Waals surface area contributed by atoms with E-state index in [0.29, 0.717) is 103 Å². The molecule has 4 aliphatic heterocycles. The zero-order valence-electron chi connectivity index (χ0n) is 78.0. The van der Waals surface area contributed by atoms with Crippen LogP contribution >= 0.6 is 0 Å². The third-order valence-electron chi connectivity index (χ3n) is 27.3. The molecule has 8 aromatic rings. The van der Waals surface area contributed by atoms with Crippen molar-refractivity contribution < 1.29 is 102 Å². The van der Waals surface area contributed by atoms with Crippen LogP contribution in [0.25, 0.3) is 0 Å². The number of carbonyl (C=O) groups is 4. The van der Waals surface area contributed by atoms with Gasteiger partial charge in [0.2, 0.25) is 0 Å². The van der Waals surface area contributed by atoms with Gasteiger partial charge in [0.1, 0.15) is 24.2 Å². The van der Waals surface area contributed by atoms with Gasteiger partial charge >= 0.3 is 36.2 Å². The maximum Gasteiger partial charge on any atom is 0.416 e. The number of aromatic nitrogens is 4. The van der Waals surface area contributed by atoms with Crippen LogP contribution in [0.2, 0.25) is 0 Å². The second-order valence-electron chi connectivity index (χ2n) is 37.6. The quantitative estimate of drug-likeness (QED) is 0.0207. The molecule has 0 amide bonds. The molecule has 4 aromatic carbocycles. The standard InChI is InChI=1S/2C27H34F2N2O3.2C26H31F3N2O3/c2*1-27(28,29)21-9-6-8-20(17-21)25(26(32)33)31-15-14-23(18-31)34-16-5-4-10-22-13-12-19-7-2-3-11-24(19)30-22;2*27-26(28,29)22-10-3-2-9-21(22)24(25(32)33)31-15-14-20(17-31)34-16-6-5-8-19-13-12-18-7-1-4-11-23(18)30-19/h2*6,8-9,12-13,17,23,25H,2-5,7,10-11,14-16,18H2,1H3,(H,32,33);2*2-3,9-10,12-13,20,24H,1,4-8,11,14-17H2,(H,32,33)/t23-,25+;23-,25-;20-,24+;20-,24-/m1111/s1. The van der Waals surface area contributed by atoms with Crippen molar-refractivity contribution in [3.63, 3.8) is 0 Å². The minimum Gasteiger partial charge on any atom is -0.480 e. The number of rotatable bonds is 38. The van der Waals surface area contributed by atoms with E-state index in [0.717, 1.165) is 190 Å². The Hall–Kier alpha value is -9.66. The van der Waals surface area contributed by atoms with Crippen LogP contribution in [-0.4, -0.2) is 187 Å². The van der Waals surface area contributed by atoms with Crippen LogP contribution in [0, 0.1) is 0 Å². The molecule has 8 atom stereocenters. The second kappa shape index (κ2) is 49.3. The molecule has 30 heteroatoms. The lowest BCUT2D eigenvalue weighted by Crippen LogP contribution is -2.34. The summed E-state index contributed by atoms with van der Waals surface area (Å²) in [5.74, 6) is -10.6. The van der Waals surface area contributed by atoms with Gasteiger partial charge in [-0.25, -0.2) is 17.6 Å². The highest BCUT2D eigenvalue weighted by Gasteiger charge is 2.45. The summed E-state index contributed by atoms with van der Waals surface area (Å²) in [6.07, 6.45) is 22.9. The molecular formula is C106H130F10N8O12. The molecule has 0 unspecified atom stereocenters. The van der Waals surface area contributed by atoms with Crippen molar-refractivity contribution in [3.05, 3.63) is 258 Å². The zero-order chi connectivity index (χ0) is 96.5. The van der Waals surface area contributed by atoms with Gasteiger partial charge in [-0.1, -0.05) is 97.1 Å². The Morgan fingerprint density at radius 2 is 0.588 bits per heavy atom. The number of fused-ring (bicyclic) bond motifs is 4. The minimum absolute atomic E-state index is 0.0421. The number of nitrogens with zero attached hydrogens (tertiary/aromatic N) is 8. The fraction of sp³-hybridized carbons (Fsp3) is 0.547. The number of unbranched alkanes of at least 4 members (excludes halogenated alkanes) is 4. The number of benzene rings is 4. The Morgan fingerprint density at radius 1 is 0.331 bits per heavy atom. The number of hydrogen-bond donors (Lipinski definition) is 4.